The van der Waals surface area contributed by atoms with Crippen LogP contribution in [-0.2, 0) is 5.72 Å². The summed E-state index contributed by atoms with van der Waals surface area (Å²) in [6.07, 6.45) is 2.80. The fraction of sp³-hybridized carbons (Fsp3) is 0.292. The molecule has 4 rings (SSSR count). The Morgan fingerprint density at radius 2 is 1.71 bits per heavy atom. The quantitative estimate of drug-likeness (QED) is 0.341. The summed E-state index contributed by atoms with van der Waals surface area (Å²) < 4.78 is 0. The predicted molar refractivity (Wildman–Crippen MR) is 117 cm³/mol. The van der Waals surface area contributed by atoms with Crippen molar-refractivity contribution in [3.63, 3.8) is 0 Å². The SMILES string of the molecule is Cc1ccc(C(=O)/C=C2/C([N+](=O)[O-])=C3NCCCCN3C2(O)c2ccc(C)cc2)cc1. The third-order valence-corrected chi connectivity index (χ3v) is 5.86. The molecule has 0 aromatic heterocycles. The first kappa shape index (κ1) is 20.8. The van der Waals surface area contributed by atoms with Crippen molar-refractivity contribution in [3.05, 3.63) is 104 Å². The molecule has 0 saturated carbocycles. The molecule has 31 heavy (non-hydrogen) atoms. The second-order valence-corrected chi connectivity index (χ2v) is 8.07. The highest BCUT2D eigenvalue weighted by Crippen LogP contribution is 2.47. The highest BCUT2D eigenvalue weighted by molar-refractivity contribution is 6.05. The Morgan fingerprint density at radius 3 is 2.32 bits per heavy atom. The van der Waals surface area contributed by atoms with Gasteiger partial charge in [0.25, 0.3) is 0 Å². The average molecular weight is 419 g/mol. The number of rotatable bonds is 4. The van der Waals surface area contributed by atoms with Gasteiger partial charge in [0, 0.05) is 30.3 Å². The number of nitrogens with zero attached hydrogens (tertiary/aromatic N) is 2. The number of hydrogen-bond acceptors (Lipinski definition) is 6. The Labute approximate surface area is 180 Å². The Morgan fingerprint density at radius 1 is 1.10 bits per heavy atom. The molecule has 2 aromatic rings. The van der Waals surface area contributed by atoms with Crippen LogP contribution in [0.4, 0.5) is 0 Å². The number of allylic oxidation sites excluding steroid dienone is 1. The Bertz CT molecular complexity index is 1090. The Balaban J connectivity index is 1.92. The number of carbonyl (C=O) groups is 1. The maximum Gasteiger partial charge on any atom is 0.317 e. The van der Waals surface area contributed by atoms with Gasteiger partial charge in [-0.1, -0.05) is 59.7 Å². The molecule has 7 heteroatoms. The van der Waals surface area contributed by atoms with Crippen LogP contribution in [0.1, 0.15) is 39.9 Å². The summed E-state index contributed by atoms with van der Waals surface area (Å²) in [5, 5.41) is 27.3. The number of nitrogens with one attached hydrogen (secondary N) is 1. The highest BCUT2D eigenvalue weighted by atomic mass is 16.6. The van der Waals surface area contributed by atoms with E-state index in [0.717, 1.165) is 24.0 Å². The van der Waals surface area contributed by atoms with E-state index in [9.17, 15) is 20.0 Å². The second-order valence-electron chi connectivity index (χ2n) is 8.07. The van der Waals surface area contributed by atoms with Crippen molar-refractivity contribution >= 4 is 5.78 Å². The van der Waals surface area contributed by atoms with E-state index in [1.54, 1.807) is 29.2 Å². The van der Waals surface area contributed by atoms with E-state index >= 15 is 0 Å². The van der Waals surface area contributed by atoms with E-state index < -0.39 is 16.4 Å². The Hall–Kier alpha value is -3.45. The molecular formula is C24H25N3O4. The van der Waals surface area contributed by atoms with E-state index in [4.69, 9.17) is 0 Å². The number of fused-ring (bicyclic) bond motifs is 1. The van der Waals surface area contributed by atoms with Crippen LogP contribution in [0.15, 0.2) is 71.7 Å². The summed E-state index contributed by atoms with van der Waals surface area (Å²) in [6, 6.07) is 14.2. The first-order valence-corrected chi connectivity index (χ1v) is 10.4. The summed E-state index contributed by atoms with van der Waals surface area (Å²) in [6.45, 7) is 4.84. The van der Waals surface area contributed by atoms with Gasteiger partial charge < -0.3 is 15.3 Å². The molecule has 160 valence electrons. The molecule has 2 N–H and O–H groups in total. The maximum absolute atomic E-state index is 13.1. The van der Waals surface area contributed by atoms with Gasteiger partial charge in [-0.15, -0.1) is 0 Å². The lowest BCUT2D eigenvalue weighted by molar-refractivity contribution is -0.422. The minimum absolute atomic E-state index is 0.0173. The lowest BCUT2D eigenvalue weighted by Crippen LogP contribution is -2.45. The van der Waals surface area contributed by atoms with Gasteiger partial charge >= 0.3 is 5.70 Å². The Kier molecular flexibility index (Phi) is 5.37. The summed E-state index contributed by atoms with van der Waals surface area (Å²) in [7, 11) is 0. The van der Waals surface area contributed by atoms with Crippen LogP contribution in [0.5, 0.6) is 0 Å². The molecule has 2 aromatic carbocycles. The van der Waals surface area contributed by atoms with Crippen molar-refractivity contribution in [2.24, 2.45) is 0 Å². The first-order valence-electron chi connectivity index (χ1n) is 10.4. The number of benzene rings is 2. The lowest BCUT2D eigenvalue weighted by atomic mass is 9.91. The first-order chi connectivity index (χ1) is 14.8. The van der Waals surface area contributed by atoms with E-state index in [-0.39, 0.29) is 17.1 Å². The molecule has 0 spiro atoms. The zero-order valence-electron chi connectivity index (χ0n) is 17.6. The summed E-state index contributed by atoms with van der Waals surface area (Å²) >= 11 is 0. The monoisotopic (exact) mass is 419 g/mol. The number of nitro groups is 1. The molecule has 0 radical (unpaired) electrons. The predicted octanol–water partition coefficient (Wildman–Crippen LogP) is 3.40. The van der Waals surface area contributed by atoms with Crippen LogP contribution < -0.4 is 5.32 Å². The molecular weight excluding hydrogens is 394 g/mol. The molecule has 1 saturated heterocycles. The summed E-state index contributed by atoms with van der Waals surface area (Å²) in [5.74, 6) is -0.133. The smallest absolute Gasteiger partial charge is 0.317 e. The highest BCUT2D eigenvalue weighted by Gasteiger charge is 2.55. The maximum atomic E-state index is 13.1. The minimum Gasteiger partial charge on any atom is -0.366 e. The largest absolute Gasteiger partial charge is 0.366 e. The van der Waals surface area contributed by atoms with Crippen molar-refractivity contribution in [1.29, 1.82) is 0 Å². The third-order valence-electron chi connectivity index (χ3n) is 5.86. The third kappa shape index (κ3) is 3.61. The van der Waals surface area contributed by atoms with Crippen LogP contribution in [0, 0.1) is 24.0 Å². The van der Waals surface area contributed by atoms with Gasteiger partial charge in [0.2, 0.25) is 0 Å². The van der Waals surface area contributed by atoms with Gasteiger partial charge in [0.15, 0.2) is 17.3 Å². The van der Waals surface area contributed by atoms with Crippen LogP contribution in [0.25, 0.3) is 0 Å². The fourth-order valence-electron chi connectivity index (χ4n) is 4.17. The number of hydrogen-bond donors (Lipinski definition) is 2. The van der Waals surface area contributed by atoms with E-state index in [1.807, 2.05) is 38.1 Å². The number of ketones is 1. The second kappa shape index (κ2) is 8.00. The molecule has 1 atom stereocenters. The van der Waals surface area contributed by atoms with Crippen molar-refractivity contribution in [1.82, 2.24) is 10.2 Å². The van der Waals surface area contributed by atoms with Crippen molar-refractivity contribution in [3.8, 4) is 0 Å². The molecule has 7 nitrogen and oxygen atoms in total. The molecule has 0 aliphatic carbocycles. The zero-order valence-corrected chi connectivity index (χ0v) is 17.6. The summed E-state index contributed by atoms with van der Waals surface area (Å²) in [5.41, 5.74) is 0.812. The topological polar surface area (TPSA) is 95.7 Å². The molecule has 1 unspecified atom stereocenters. The standard InChI is InChI=1S/C24H25N3O4/c1-16-5-9-18(10-6-16)21(28)15-20-22(27(30)31)23-25-13-3-4-14-26(23)24(20,29)19-11-7-17(2)8-12-19/h5-12,15,25,29H,3-4,13-14H2,1-2H3/b20-15-. The van der Waals surface area contributed by atoms with Crippen LogP contribution >= 0.6 is 0 Å². The average Bonchev–Trinajstić information content (AvgIpc) is 2.89. The fourth-order valence-corrected chi connectivity index (χ4v) is 4.17. The molecule has 1 fully saturated rings. The van der Waals surface area contributed by atoms with E-state index in [2.05, 4.69) is 5.32 Å². The van der Waals surface area contributed by atoms with Gasteiger partial charge in [-0.2, -0.15) is 0 Å². The zero-order chi connectivity index (χ0) is 22.2. The molecule has 0 amide bonds. The summed E-state index contributed by atoms with van der Waals surface area (Å²) in [4.78, 5) is 26.3. The van der Waals surface area contributed by atoms with Gasteiger partial charge in [-0.05, 0) is 26.7 Å². The van der Waals surface area contributed by atoms with Crippen molar-refractivity contribution in [2.75, 3.05) is 13.1 Å². The molecule has 2 heterocycles. The van der Waals surface area contributed by atoms with Crippen LogP contribution in [0.3, 0.4) is 0 Å². The van der Waals surface area contributed by atoms with E-state index in [1.165, 1.54) is 6.08 Å². The van der Waals surface area contributed by atoms with Gasteiger partial charge in [0.05, 0.1) is 10.5 Å². The van der Waals surface area contributed by atoms with Crippen molar-refractivity contribution < 1.29 is 14.8 Å². The van der Waals surface area contributed by atoms with Crippen LogP contribution in [0.2, 0.25) is 0 Å². The minimum atomic E-state index is -1.82. The molecule has 2 aliphatic heterocycles. The molecule has 2 aliphatic rings. The van der Waals surface area contributed by atoms with Gasteiger partial charge in [-0.3, -0.25) is 14.9 Å². The van der Waals surface area contributed by atoms with Gasteiger partial charge in [0.1, 0.15) is 0 Å². The van der Waals surface area contributed by atoms with Crippen LogP contribution in [-0.4, -0.2) is 33.8 Å². The van der Waals surface area contributed by atoms with E-state index in [0.29, 0.717) is 24.2 Å². The van der Waals surface area contributed by atoms with Crippen molar-refractivity contribution in [2.45, 2.75) is 32.4 Å². The number of aliphatic hydroxyl groups is 1. The van der Waals surface area contributed by atoms with Gasteiger partial charge in [-0.25, -0.2) is 0 Å². The number of carbonyl (C=O) groups excluding carboxylic acids is 1. The lowest BCUT2D eigenvalue weighted by Gasteiger charge is -2.36. The number of aryl methyl sites for hydroxylation is 2. The normalized spacial score (nSPS) is 22.2. The molecule has 0 bridgehead atoms.